The van der Waals surface area contributed by atoms with Crippen LogP contribution in [0.4, 0.5) is 11.5 Å². The number of unbranched alkanes of at least 4 members (excludes halogenated alkanes) is 4. The number of benzene rings is 1. The number of para-hydroxylation sites is 1. The third kappa shape index (κ3) is 9.57. The quantitative estimate of drug-likeness (QED) is 0.291. The number of carbonyl (C=O) groups excluding carboxylic acids is 1. The first-order valence-corrected chi connectivity index (χ1v) is 13.9. The van der Waals surface area contributed by atoms with Crippen molar-refractivity contribution < 1.29 is 14.6 Å². The summed E-state index contributed by atoms with van der Waals surface area (Å²) < 4.78 is 6.97. The molecule has 0 saturated carbocycles. The van der Waals surface area contributed by atoms with Gasteiger partial charge in [0.05, 0.1) is 6.61 Å². The summed E-state index contributed by atoms with van der Waals surface area (Å²) in [7, 11) is 2.14. The predicted molar refractivity (Wildman–Crippen MR) is 145 cm³/mol. The normalized spacial score (nSPS) is 17.3. The third-order valence-electron chi connectivity index (χ3n) is 6.09. The predicted octanol–water partition coefficient (Wildman–Crippen LogP) is 3.22. The van der Waals surface area contributed by atoms with Crippen LogP contribution in [0.2, 0.25) is 0 Å². The molecule has 10 heteroatoms. The van der Waals surface area contributed by atoms with E-state index >= 15 is 0 Å². The molecule has 2 aromatic rings. The molecule has 1 fully saturated rings. The number of nitrogens with one attached hydrogen (secondary N) is 2. The van der Waals surface area contributed by atoms with Crippen molar-refractivity contribution in [3.63, 3.8) is 0 Å². The number of aliphatic hydroxyl groups excluding tert-OH is 1. The molecule has 3 N–H and O–H groups in total. The Bertz CT molecular complexity index is 974. The Morgan fingerprint density at radius 1 is 1.14 bits per heavy atom. The fourth-order valence-corrected chi connectivity index (χ4v) is 4.95. The van der Waals surface area contributed by atoms with E-state index in [4.69, 9.17) is 9.84 Å². The van der Waals surface area contributed by atoms with E-state index in [2.05, 4.69) is 51.8 Å². The number of thioether (sulfide) groups is 1. The Balaban J connectivity index is 1.18. The van der Waals surface area contributed by atoms with Gasteiger partial charge in [-0.05, 0) is 57.0 Å². The van der Waals surface area contributed by atoms with E-state index < -0.39 is 11.9 Å². The summed E-state index contributed by atoms with van der Waals surface area (Å²) in [4.78, 5) is 30.7. The number of nitrogens with zero attached hydrogens (tertiary/aromatic N) is 3. The first-order valence-electron chi connectivity index (χ1n) is 12.8. The lowest BCUT2D eigenvalue weighted by molar-refractivity contribution is -0.116. The minimum absolute atomic E-state index is 0.0961. The molecule has 0 bridgehead atoms. The number of amides is 1. The summed E-state index contributed by atoms with van der Waals surface area (Å²) >= 11 is 1.45. The molecule has 1 aromatic carbocycles. The molecule has 1 saturated heterocycles. The van der Waals surface area contributed by atoms with Crippen LogP contribution in [-0.4, -0.2) is 65.0 Å². The highest BCUT2D eigenvalue weighted by molar-refractivity contribution is 8.00. The molecule has 3 rings (SSSR count). The number of anilines is 2. The van der Waals surface area contributed by atoms with Crippen molar-refractivity contribution in [2.24, 2.45) is 0 Å². The van der Waals surface area contributed by atoms with E-state index in [1.165, 1.54) is 41.3 Å². The van der Waals surface area contributed by atoms with Crippen LogP contribution in [0.1, 0.15) is 51.2 Å². The average molecular weight is 518 g/mol. The number of hydrogen-bond acceptors (Lipinski definition) is 8. The van der Waals surface area contributed by atoms with Gasteiger partial charge < -0.3 is 25.4 Å². The highest BCUT2D eigenvalue weighted by atomic mass is 32.2. The van der Waals surface area contributed by atoms with Crippen LogP contribution in [0.25, 0.3) is 0 Å². The largest absolute Gasteiger partial charge is 0.393 e. The lowest BCUT2D eigenvalue weighted by Gasteiger charge is -2.19. The van der Waals surface area contributed by atoms with Gasteiger partial charge in [-0.2, -0.15) is 4.98 Å². The van der Waals surface area contributed by atoms with E-state index in [1.807, 2.05) is 6.07 Å². The maximum atomic E-state index is 12.3. The van der Waals surface area contributed by atoms with E-state index in [-0.39, 0.29) is 23.8 Å². The van der Waals surface area contributed by atoms with Gasteiger partial charge in [-0.1, -0.05) is 31.0 Å². The van der Waals surface area contributed by atoms with Crippen molar-refractivity contribution >= 4 is 29.2 Å². The topological polar surface area (TPSA) is 109 Å². The highest BCUT2D eigenvalue weighted by Crippen LogP contribution is 2.30. The zero-order valence-electron chi connectivity index (χ0n) is 21.1. The third-order valence-corrected chi connectivity index (χ3v) is 7.20. The Hall–Kier alpha value is -2.40. The van der Waals surface area contributed by atoms with Gasteiger partial charge in [0.1, 0.15) is 17.5 Å². The van der Waals surface area contributed by atoms with Crippen LogP contribution in [0.15, 0.2) is 47.4 Å². The first kappa shape index (κ1) is 28.2. The molecule has 36 heavy (non-hydrogen) atoms. The maximum absolute atomic E-state index is 12.3. The number of rotatable bonds is 16. The molecule has 1 amide bonds. The van der Waals surface area contributed by atoms with E-state index in [1.54, 1.807) is 12.3 Å². The summed E-state index contributed by atoms with van der Waals surface area (Å²) in [6, 6.07) is 12.1. The van der Waals surface area contributed by atoms with Gasteiger partial charge in [0.15, 0.2) is 0 Å². The van der Waals surface area contributed by atoms with Crippen LogP contribution in [0, 0.1) is 0 Å². The van der Waals surface area contributed by atoms with Gasteiger partial charge in [-0.3, -0.25) is 9.36 Å². The van der Waals surface area contributed by atoms with E-state index in [0.29, 0.717) is 12.2 Å². The second-order valence-corrected chi connectivity index (χ2v) is 10.2. The number of ether oxygens (including phenoxy) is 1. The van der Waals surface area contributed by atoms with E-state index in [9.17, 15) is 9.59 Å². The SMILES string of the molecule is CN(CCCCCNCCCCCC(=O)Nc1ccn(C2CSC(CO)O2)c(=O)n1)c1ccccc1. The van der Waals surface area contributed by atoms with Gasteiger partial charge in [-0.25, -0.2) is 4.79 Å². The molecule has 2 unspecified atom stereocenters. The molecule has 0 radical (unpaired) electrons. The monoisotopic (exact) mass is 517 g/mol. The molecule has 1 aromatic heterocycles. The summed E-state index contributed by atoms with van der Waals surface area (Å²) in [5.74, 6) is 0.683. The minimum Gasteiger partial charge on any atom is -0.393 e. The van der Waals surface area contributed by atoms with Crippen LogP contribution in [-0.2, 0) is 9.53 Å². The zero-order chi connectivity index (χ0) is 25.6. The number of carbonyl (C=O) groups is 1. The Morgan fingerprint density at radius 3 is 2.58 bits per heavy atom. The smallest absolute Gasteiger partial charge is 0.351 e. The van der Waals surface area contributed by atoms with Crippen molar-refractivity contribution in [2.45, 2.75) is 56.6 Å². The molecule has 2 atom stereocenters. The molecule has 198 valence electrons. The summed E-state index contributed by atoms with van der Waals surface area (Å²) in [6.07, 6.45) is 7.89. The molecule has 1 aliphatic heterocycles. The van der Waals surface area contributed by atoms with Gasteiger partial charge in [-0.15, -0.1) is 11.8 Å². The first-order chi connectivity index (χ1) is 17.6. The second-order valence-electron chi connectivity index (χ2n) is 8.97. The van der Waals surface area contributed by atoms with Gasteiger partial charge in [0.2, 0.25) is 5.91 Å². The molecule has 9 nitrogen and oxygen atoms in total. The molecule has 1 aliphatic rings. The number of aliphatic hydroxyl groups is 1. The van der Waals surface area contributed by atoms with Crippen molar-refractivity contribution in [3.05, 3.63) is 53.1 Å². The van der Waals surface area contributed by atoms with Crippen molar-refractivity contribution in [1.82, 2.24) is 14.9 Å². The Labute approximate surface area is 217 Å². The van der Waals surface area contributed by atoms with Crippen molar-refractivity contribution in [2.75, 3.05) is 49.3 Å². The van der Waals surface area contributed by atoms with Crippen LogP contribution in [0.5, 0.6) is 0 Å². The highest BCUT2D eigenvalue weighted by Gasteiger charge is 2.27. The standard InChI is InChI=1S/C26H39N5O4S/c1-30(21-11-5-2-6-12-21)17-10-4-9-16-27-15-8-3-7-13-23(33)28-22-14-18-31(26(34)29-22)24-20-36-25(19-32)35-24/h2,5-6,11-12,14,18,24-25,27,32H,3-4,7-10,13,15-17,19-20H2,1H3,(H,28,29,33,34). The molecule has 0 spiro atoms. The van der Waals surface area contributed by atoms with Crippen molar-refractivity contribution in [1.29, 1.82) is 0 Å². The lowest BCUT2D eigenvalue weighted by Crippen LogP contribution is -2.29. The zero-order valence-corrected chi connectivity index (χ0v) is 21.9. The fraction of sp³-hybridized carbons (Fsp3) is 0.577. The van der Waals surface area contributed by atoms with Crippen LogP contribution >= 0.6 is 11.8 Å². The van der Waals surface area contributed by atoms with Gasteiger partial charge in [0, 0.05) is 37.7 Å². The van der Waals surface area contributed by atoms with Gasteiger partial charge in [0.25, 0.3) is 0 Å². The maximum Gasteiger partial charge on any atom is 0.351 e. The van der Waals surface area contributed by atoms with Gasteiger partial charge >= 0.3 is 5.69 Å². The molecular formula is C26H39N5O4S. The summed E-state index contributed by atoms with van der Waals surface area (Å²) in [5.41, 5.74) is 0.458. The van der Waals surface area contributed by atoms with E-state index in [0.717, 1.165) is 38.9 Å². The second kappa shape index (κ2) is 15.7. The average Bonchev–Trinajstić information content (AvgIpc) is 3.37. The fourth-order valence-electron chi connectivity index (χ4n) is 4.02. The molecule has 0 aliphatic carbocycles. The molecule has 2 heterocycles. The molecular weight excluding hydrogens is 478 g/mol. The summed E-state index contributed by atoms with van der Waals surface area (Å²) in [5, 5.41) is 15.3. The lowest BCUT2D eigenvalue weighted by atomic mass is 10.2. The van der Waals surface area contributed by atoms with Crippen LogP contribution in [0.3, 0.4) is 0 Å². The van der Waals surface area contributed by atoms with Crippen molar-refractivity contribution in [3.8, 4) is 0 Å². The summed E-state index contributed by atoms with van der Waals surface area (Å²) in [6.45, 7) is 2.96. The number of hydrogen-bond donors (Lipinski definition) is 3. The Kier molecular flexibility index (Phi) is 12.3. The number of aromatic nitrogens is 2. The van der Waals surface area contributed by atoms with Crippen LogP contribution < -0.4 is 21.2 Å². The minimum atomic E-state index is -0.480. The Morgan fingerprint density at radius 2 is 1.89 bits per heavy atom.